The van der Waals surface area contributed by atoms with E-state index in [4.69, 9.17) is 0 Å². The number of amides is 1. The van der Waals surface area contributed by atoms with E-state index in [-0.39, 0.29) is 30.2 Å². The van der Waals surface area contributed by atoms with Crippen LogP contribution in [0.5, 0.6) is 0 Å². The van der Waals surface area contributed by atoms with Gasteiger partial charge >= 0.3 is 5.69 Å². The molecule has 1 saturated heterocycles. The standard InChI is InChI=1S/C18H24N6O2/c1-12-6-7-21(19-12)11-17(25)24-14-4-5-15(24)10-22-16(8-14)20-23(18(22)26)9-13-2-3-13/h6-7,13-15H,2-5,8-11H2,1H3. The fourth-order valence-electron chi connectivity index (χ4n) is 4.43. The van der Waals surface area contributed by atoms with E-state index in [1.54, 1.807) is 9.36 Å². The van der Waals surface area contributed by atoms with E-state index in [9.17, 15) is 9.59 Å². The quantitative estimate of drug-likeness (QED) is 0.803. The lowest BCUT2D eigenvalue weighted by Gasteiger charge is -2.28. The Morgan fingerprint density at radius 1 is 1.19 bits per heavy atom. The molecular weight excluding hydrogens is 332 g/mol. The second kappa shape index (κ2) is 5.82. The van der Waals surface area contributed by atoms with Crippen LogP contribution in [0.15, 0.2) is 17.1 Å². The number of aromatic nitrogens is 5. The maximum atomic E-state index is 12.9. The van der Waals surface area contributed by atoms with E-state index in [1.165, 1.54) is 12.8 Å². The van der Waals surface area contributed by atoms with Gasteiger partial charge in [-0.05, 0) is 44.6 Å². The Kier molecular flexibility index (Phi) is 3.55. The van der Waals surface area contributed by atoms with Gasteiger partial charge in [-0.3, -0.25) is 14.0 Å². The number of nitrogens with zero attached hydrogens (tertiary/aromatic N) is 6. The van der Waals surface area contributed by atoms with Crippen LogP contribution in [0.4, 0.5) is 0 Å². The first-order valence-electron chi connectivity index (χ1n) is 9.56. The summed E-state index contributed by atoms with van der Waals surface area (Å²) in [5.74, 6) is 1.56. The lowest BCUT2D eigenvalue weighted by molar-refractivity contribution is -0.135. The van der Waals surface area contributed by atoms with E-state index in [2.05, 4.69) is 10.2 Å². The van der Waals surface area contributed by atoms with Gasteiger partial charge in [0.05, 0.1) is 11.7 Å². The number of carbonyl (C=O) groups is 1. The molecule has 2 aromatic heterocycles. The maximum absolute atomic E-state index is 12.9. The fourth-order valence-corrected chi connectivity index (χ4v) is 4.43. The van der Waals surface area contributed by atoms with Gasteiger partial charge in [0.1, 0.15) is 12.4 Å². The molecule has 138 valence electrons. The Bertz CT molecular complexity index is 905. The molecule has 0 radical (unpaired) electrons. The first kappa shape index (κ1) is 15.8. The molecule has 3 aliphatic rings. The summed E-state index contributed by atoms with van der Waals surface area (Å²) in [5.41, 5.74) is 0.905. The second-order valence-electron chi connectivity index (χ2n) is 7.98. The Morgan fingerprint density at radius 2 is 2.00 bits per heavy atom. The van der Waals surface area contributed by atoms with Crippen molar-refractivity contribution in [2.75, 3.05) is 0 Å². The van der Waals surface area contributed by atoms with Crippen molar-refractivity contribution in [3.8, 4) is 0 Å². The molecule has 1 aliphatic carbocycles. The molecule has 0 aromatic carbocycles. The average molecular weight is 356 g/mol. The van der Waals surface area contributed by atoms with Gasteiger partial charge in [0.15, 0.2) is 0 Å². The predicted molar refractivity (Wildman–Crippen MR) is 93.5 cm³/mol. The number of hydrogen-bond acceptors (Lipinski definition) is 4. The Morgan fingerprint density at radius 3 is 2.73 bits per heavy atom. The van der Waals surface area contributed by atoms with Crippen molar-refractivity contribution >= 4 is 5.91 Å². The number of hydrogen-bond donors (Lipinski definition) is 0. The molecule has 2 aromatic rings. The van der Waals surface area contributed by atoms with E-state index in [0.29, 0.717) is 18.9 Å². The zero-order chi connectivity index (χ0) is 17.8. The molecule has 8 nitrogen and oxygen atoms in total. The largest absolute Gasteiger partial charge is 0.345 e. The summed E-state index contributed by atoms with van der Waals surface area (Å²) in [6.45, 7) is 3.49. The SMILES string of the molecule is Cc1ccn(CC(=O)N2C3CCC2Cn2c(nn(CC4CC4)c2=O)C3)n1. The summed E-state index contributed by atoms with van der Waals surface area (Å²) < 4.78 is 5.16. The van der Waals surface area contributed by atoms with E-state index in [1.807, 2.05) is 28.7 Å². The van der Waals surface area contributed by atoms with Crippen molar-refractivity contribution in [1.29, 1.82) is 0 Å². The maximum Gasteiger partial charge on any atom is 0.345 e. The van der Waals surface area contributed by atoms with Crippen LogP contribution in [0, 0.1) is 12.8 Å². The van der Waals surface area contributed by atoms with Gasteiger partial charge in [0.25, 0.3) is 0 Å². The lowest BCUT2D eigenvalue weighted by Crippen LogP contribution is -2.44. The number of carbonyl (C=O) groups excluding carboxylic acids is 1. The molecule has 26 heavy (non-hydrogen) atoms. The summed E-state index contributed by atoms with van der Waals surface area (Å²) in [6.07, 6.45) is 6.86. The van der Waals surface area contributed by atoms with Gasteiger partial charge in [-0.15, -0.1) is 0 Å². The number of rotatable bonds is 4. The number of fused-ring (bicyclic) bond motifs is 3. The summed E-state index contributed by atoms with van der Waals surface area (Å²) in [5, 5.41) is 8.93. The monoisotopic (exact) mass is 356 g/mol. The molecule has 2 aliphatic heterocycles. The van der Waals surface area contributed by atoms with Gasteiger partial charge in [0, 0.05) is 31.7 Å². The molecule has 2 bridgehead atoms. The highest BCUT2D eigenvalue weighted by molar-refractivity contribution is 5.77. The molecule has 0 N–H and O–H groups in total. The smallest absolute Gasteiger partial charge is 0.333 e. The summed E-state index contributed by atoms with van der Waals surface area (Å²) >= 11 is 0. The first-order chi connectivity index (χ1) is 12.6. The third kappa shape index (κ3) is 2.68. The van der Waals surface area contributed by atoms with Crippen LogP contribution in [0.2, 0.25) is 0 Å². The van der Waals surface area contributed by atoms with Gasteiger partial charge < -0.3 is 4.90 Å². The van der Waals surface area contributed by atoms with Crippen LogP contribution in [0.25, 0.3) is 0 Å². The van der Waals surface area contributed by atoms with Crippen LogP contribution in [-0.4, -0.2) is 47.0 Å². The molecule has 2 unspecified atom stereocenters. The zero-order valence-electron chi connectivity index (χ0n) is 15.0. The van der Waals surface area contributed by atoms with Crippen molar-refractivity contribution in [3.05, 3.63) is 34.3 Å². The summed E-state index contributed by atoms with van der Waals surface area (Å²) in [7, 11) is 0. The van der Waals surface area contributed by atoms with Crippen LogP contribution in [-0.2, 0) is 30.8 Å². The zero-order valence-corrected chi connectivity index (χ0v) is 15.0. The molecule has 1 saturated carbocycles. The minimum Gasteiger partial charge on any atom is -0.333 e. The highest BCUT2D eigenvalue weighted by atomic mass is 16.2. The second-order valence-corrected chi connectivity index (χ2v) is 7.98. The first-order valence-corrected chi connectivity index (χ1v) is 9.56. The Balaban J connectivity index is 1.38. The van der Waals surface area contributed by atoms with Gasteiger partial charge in [-0.1, -0.05) is 0 Å². The van der Waals surface area contributed by atoms with Crippen molar-refractivity contribution in [2.24, 2.45) is 5.92 Å². The van der Waals surface area contributed by atoms with Crippen LogP contribution >= 0.6 is 0 Å². The van der Waals surface area contributed by atoms with Gasteiger partial charge in [0.2, 0.25) is 5.91 Å². The summed E-state index contributed by atoms with van der Waals surface area (Å²) in [4.78, 5) is 27.6. The molecule has 2 atom stereocenters. The third-order valence-corrected chi connectivity index (χ3v) is 5.92. The summed E-state index contributed by atoms with van der Waals surface area (Å²) in [6, 6.07) is 2.13. The van der Waals surface area contributed by atoms with E-state index < -0.39 is 0 Å². The van der Waals surface area contributed by atoms with Crippen molar-refractivity contribution in [3.63, 3.8) is 0 Å². The van der Waals surface area contributed by atoms with Crippen LogP contribution < -0.4 is 5.69 Å². The van der Waals surface area contributed by atoms with Crippen LogP contribution in [0.1, 0.15) is 37.2 Å². The topological polar surface area (TPSA) is 78.0 Å². The molecule has 1 amide bonds. The van der Waals surface area contributed by atoms with Gasteiger partial charge in [-0.25, -0.2) is 9.48 Å². The van der Waals surface area contributed by atoms with E-state index >= 15 is 0 Å². The van der Waals surface area contributed by atoms with Crippen molar-refractivity contribution in [1.82, 2.24) is 29.0 Å². The Hall–Kier alpha value is -2.38. The predicted octanol–water partition coefficient (Wildman–Crippen LogP) is 0.576. The normalized spacial score (nSPS) is 24.6. The third-order valence-electron chi connectivity index (χ3n) is 5.92. The average Bonchev–Trinajstić information content (AvgIpc) is 3.14. The lowest BCUT2D eigenvalue weighted by atomic mass is 10.1. The van der Waals surface area contributed by atoms with Crippen molar-refractivity contribution in [2.45, 2.75) is 70.7 Å². The molecule has 0 spiro atoms. The fraction of sp³-hybridized carbons (Fsp3) is 0.667. The minimum absolute atomic E-state index is 0.00505. The minimum atomic E-state index is -0.00505. The molecule has 4 heterocycles. The van der Waals surface area contributed by atoms with Crippen molar-refractivity contribution < 1.29 is 4.79 Å². The highest BCUT2D eigenvalue weighted by Crippen LogP contribution is 2.32. The highest BCUT2D eigenvalue weighted by Gasteiger charge is 2.41. The van der Waals surface area contributed by atoms with E-state index in [0.717, 1.165) is 30.9 Å². The van der Waals surface area contributed by atoms with Crippen LogP contribution in [0.3, 0.4) is 0 Å². The molecule has 8 heteroatoms. The Labute approximate surface area is 151 Å². The molecular formula is C18H24N6O2. The van der Waals surface area contributed by atoms with Gasteiger partial charge in [-0.2, -0.15) is 10.2 Å². The number of aryl methyl sites for hydroxylation is 1. The molecule has 5 rings (SSSR count). The molecule has 2 fully saturated rings.